The van der Waals surface area contributed by atoms with Crippen molar-refractivity contribution >= 4 is 46.4 Å². The van der Waals surface area contributed by atoms with Gasteiger partial charge in [0, 0.05) is 27.9 Å². The van der Waals surface area contributed by atoms with Gasteiger partial charge in [0.15, 0.2) is 5.82 Å². The Bertz CT molecular complexity index is 1110. The zero-order chi connectivity index (χ0) is 19.5. The molecule has 1 N–H and O–H groups in total. The van der Waals surface area contributed by atoms with Crippen molar-refractivity contribution in [3.8, 4) is 11.4 Å². The Kier molecular flexibility index (Phi) is 5.38. The molecule has 4 aromatic rings. The summed E-state index contributed by atoms with van der Waals surface area (Å²) in [6.45, 7) is 0.518. The minimum absolute atomic E-state index is 0.250. The maximum Gasteiger partial charge on any atom is 0.282 e. The molecule has 0 bridgehead atoms. The predicted molar refractivity (Wildman–Crippen MR) is 111 cm³/mol. The number of hydrogen-bond acceptors (Lipinski definition) is 6. The van der Waals surface area contributed by atoms with E-state index in [0.717, 1.165) is 4.88 Å². The summed E-state index contributed by atoms with van der Waals surface area (Å²) in [5, 5.41) is 10.3. The standard InChI is InChI=1S/C19H13Cl2N5OS/c20-13-5-6-15(16(21)9-13)18(27)26-19(23-11-14-4-2-8-28-14)24-17(25-26)12-3-1-7-22-10-12/h1-10H,11H2,(H,23,24,25). The molecule has 0 atom stereocenters. The number of nitrogens with one attached hydrogen (secondary N) is 1. The molecular weight excluding hydrogens is 417 g/mol. The van der Waals surface area contributed by atoms with Gasteiger partial charge in [-0.15, -0.1) is 16.4 Å². The highest BCUT2D eigenvalue weighted by molar-refractivity contribution is 7.09. The van der Waals surface area contributed by atoms with Crippen LogP contribution in [0, 0.1) is 0 Å². The predicted octanol–water partition coefficient (Wildman–Crippen LogP) is 5.01. The molecular formula is C19H13Cl2N5OS. The maximum atomic E-state index is 13.1. The molecule has 140 valence electrons. The molecule has 9 heteroatoms. The number of carbonyl (C=O) groups excluding carboxylic acids is 1. The second-order valence-corrected chi connectivity index (χ2v) is 7.65. The van der Waals surface area contributed by atoms with E-state index in [1.54, 1.807) is 41.9 Å². The molecule has 0 radical (unpaired) electrons. The first-order valence-electron chi connectivity index (χ1n) is 8.25. The van der Waals surface area contributed by atoms with Crippen molar-refractivity contribution in [2.45, 2.75) is 6.54 Å². The molecule has 0 unspecified atom stereocenters. The molecule has 0 spiro atoms. The minimum atomic E-state index is -0.405. The Balaban J connectivity index is 1.72. The molecule has 3 aromatic heterocycles. The number of aromatic nitrogens is 4. The van der Waals surface area contributed by atoms with Gasteiger partial charge in [-0.2, -0.15) is 9.67 Å². The third kappa shape index (κ3) is 3.91. The fourth-order valence-electron chi connectivity index (χ4n) is 2.54. The van der Waals surface area contributed by atoms with Gasteiger partial charge >= 0.3 is 0 Å². The Morgan fingerprint density at radius 3 is 2.79 bits per heavy atom. The summed E-state index contributed by atoms with van der Waals surface area (Å²) in [5.41, 5.74) is 0.989. The van der Waals surface area contributed by atoms with Crippen molar-refractivity contribution in [3.63, 3.8) is 0 Å². The van der Waals surface area contributed by atoms with E-state index in [4.69, 9.17) is 23.2 Å². The van der Waals surface area contributed by atoms with Crippen LogP contribution < -0.4 is 5.32 Å². The van der Waals surface area contributed by atoms with E-state index in [1.165, 1.54) is 10.7 Å². The lowest BCUT2D eigenvalue weighted by Crippen LogP contribution is -2.17. The average Bonchev–Trinajstić information content (AvgIpc) is 3.36. The fourth-order valence-corrected chi connectivity index (χ4v) is 3.68. The molecule has 1 aromatic carbocycles. The maximum absolute atomic E-state index is 13.1. The van der Waals surface area contributed by atoms with Gasteiger partial charge in [0.2, 0.25) is 5.95 Å². The summed E-state index contributed by atoms with van der Waals surface area (Å²) >= 11 is 13.8. The van der Waals surface area contributed by atoms with Gasteiger partial charge < -0.3 is 5.32 Å². The molecule has 0 aliphatic rings. The Morgan fingerprint density at radius 2 is 2.07 bits per heavy atom. The van der Waals surface area contributed by atoms with Crippen LogP contribution in [0.2, 0.25) is 10.0 Å². The molecule has 0 saturated carbocycles. The topological polar surface area (TPSA) is 72.7 Å². The number of pyridine rings is 1. The van der Waals surface area contributed by atoms with Crippen LogP contribution in [-0.4, -0.2) is 25.7 Å². The highest BCUT2D eigenvalue weighted by Crippen LogP contribution is 2.24. The number of benzene rings is 1. The molecule has 28 heavy (non-hydrogen) atoms. The Morgan fingerprint density at radius 1 is 1.18 bits per heavy atom. The molecule has 0 aliphatic carbocycles. The first-order valence-corrected chi connectivity index (χ1v) is 9.89. The van der Waals surface area contributed by atoms with Crippen LogP contribution >= 0.6 is 34.5 Å². The summed E-state index contributed by atoms with van der Waals surface area (Å²) in [7, 11) is 0. The van der Waals surface area contributed by atoms with Gasteiger partial charge in [-0.1, -0.05) is 29.3 Å². The van der Waals surface area contributed by atoms with Crippen LogP contribution in [-0.2, 0) is 6.54 Å². The van der Waals surface area contributed by atoms with Gasteiger partial charge in [0.25, 0.3) is 5.91 Å². The largest absolute Gasteiger partial charge is 0.349 e. The van der Waals surface area contributed by atoms with Crippen LogP contribution in [0.4, 0.5) is 5.95 Å². The van der Waals surface area contributed by atoms with E-state index in [1.807, 2.05) is 23.6 Å². The van der Waals surface area contributed by atoms with E-state index in [9.17, 15) is 4.79 Å². The number of hydrogen-bond donors (Lipinski definition) is 1. The molecule has 6 nitrogen and oxygen atoms in total. The zero-order valence-corrected chi connectivity index (χ0v) is 16.7. The van der Waals surface area contributed by atoms with E-state index in [-0.39, 0.29) is 10.6 Å². The van der Waals surface area contributed by atoms with Gasteiger partial charge in [0.05, 0.1) is 17.1 Å². The van der Waals surface area contributed by atoms with E-state index in [0.29, 0.717) is 28.9 Å². The van der Waals surface area contributed by atoms with Crippen LogP contribution in [0.3, 0.4) is 0 Å². The summed E-state index contributed by atoms with van der Waals surface area (Å²) in [4.78, 5) is 22.8. The first kappa shape index (κ1) is 18.6. The summed E-state index contributed by atoms with van der Waals surface area (Å²) in [5.74, 6) is 0.307. The van der Waals surface area contributed by atoms with Gasteiger partial charge in [-0.05, 0) is 41.8 Å². The second-order valence-electron chi connectivity index (χ2n) is 5.77. The number of carbonyl (C=O) groups is 1. The smallest absolute Gasteiger partial charge is 0.282 e. The molecule has 4 rings (SSSR count). The molecule has 0 amide bonds. The van der Waals surface area contributed by atoms with Crippen molar-refractivity contribution in [1.82, 2.24) is 19.7 Å². The van der Waals surface area contributed by atoms with Gasteiger partial charge in [-0.3, -0.25) is 9.78 Å². The lowest BCUT2D eigenvalue weighted by atomic mass is 10.2. The highest BCUT2D eigenvalue weighted by Gasteiger charge is 2.21. The Labute approximate surface area is 174 Å². The van der Waals surface area contributed by atoms with Crippen molar-refractivity contribution in [3.05, 3.63) is 80.7 Å². The number of anilines is 1. The molecule has 0 saturated heterocycles. The summed E-state index contributed by atoms with van der Waals surface area (Å²) < 4.78 is 1.21. The fraction of sp³-hybridized carbons (Fsp3) is 0.0526. The van der Waals surface area contributed by atoms with Crippen LogP contribution in [0.25, 0.3) is 11.4 Å². The van der Waals surface area contributed by atoms with Crippen LogP contribution in [0.5, 0.6) is 0 Å². The van der Waals surface area contributed by atoms with E-state index in [2.05, 4.69) is 20.4 Å². The van der Waals surface area contributed by atoms with E-state index >= 15 is 0 Å². The third-order valence-corrected chi connectivity index (χ3v) is 5.31. The quantitative estimate of drug-likeness (QED) is 0.482. The monoisotopic (exact) mass is 429 g/mol. The van der Waals surface area contributed by atoms with Gasteiger partial charge in [-0.25, -0.2) is 0 Å². The van der Waals surface area contributed by atoms with Crippen molar-refractivity contribution < 1.29 is 4.79 Å². The Hall–Kier alpha value is -2.74. The van der Waals surface area contributed by atoms with Crippen molar-refractivity contribution in [2.75, 3.05) is 5.32 Å². The summed E-state index contributed by atoms with van der Waals surface area (Å²) in [6, 6.07) is 12.3. The zero-order valence-electron chi connectivity index (χ0n) is 14.3. The van der Waals surface area contributed by atoms with Crippen LogP contribution in [0.15, 0.2) is 60.2 Å². The third-order valence-electron chi connectivity index (χ3n) is 3.88. The number of nitrogens with zero attached hydrogens (tertiary/aromatic N) is 4. The normalized spacial score (nSPS) is 10.8. The number of rotatable bonds is 5. The molecule has 0 aliphatic heterocycles. The van der Waals surface area contributed by atoms with Crippen LogP contribution in [0.1, 0.15) is 15.2 Å². The lowest BCUT2D eigenvalue weighted by Gasteiger charge is -2.07. The highest BCUT2D eigenvalue weighted by atomic mass is 35.5. The molecule has 0 fully saturated rings. The summed E-state index contributed by atoms with van der Waals surface area (Å²) in [6.07, 6.45) is 3.30. The minimum Gasteiger partial charge on any atom is -0.349 e. The number of halogens is 2. The average molecular weight is 430 g/mol. The SMILES string of the molecule is O=C(c1ccc(Cl)cc1Cl)n1nc(-c2cccnc2)nc1NCc1cccs1. The van der Waals surface area contributed by atoms with Crippen molar-refractivity contribution in [1.29, 1.82) is 0 Å². The lowest BCUT2D eigenvalue weighted by molar-refractivity contribution is 0.0947. The van der Waals surface area contributed by atoms with Crippen molar-refractivity contribution in [2.24, 2.45) is 0 Å². The molecule has 3 heterocycles. The second kappa shape index (κ2) is 8.10. The van der Waals surface area contributed by atoms with Gasteiger partial charge in [0.1, 0.15) is 0 Å². The first-order chi connectivity index (χ1) is 13.6. The van der Waals surface area contributed by atoms with E-state index < -0.39 is 5.91 Å². The number of thiophene rings is 1.